The first kappa shape index (κ1) is 23.6. The molecular weight excluding hydrogens is 389 g/mol. The van der Waals surface area contributed by atoms with Crippen LogP contribution in [0.2, 0.25) is 0 Å². The average Bonchev–Trinajstić information content (AvgIpc) is 2.61. The Labute approximate surface area is 177 Å². The number of carbonyl (C=O) groups is 3. The number of rotatable bonds is 3. The Morgan fingerprint density at radius 1 is 1.07 bits per heavy atom. The van der Waals surface area contributed by atoms with Crippen molar-refractivity contribution in [1.82, 2.24) is 4.90 Å². The molecule has 8 heteroatoms. The highest BCUT2D eigenvalue weighted by Crippen LogP contribution is 2.27. The van der Waals surface area contributed by atoms with Gasteiger partial charge in [-0.15, -0.1) is 0 Å². The molecule has 0 bridgehead atoms. The van der Waals surface area contributed by atoms with Gasteiger partial charge in [0, 0.05) is 18.5 Å². The van der Waals surface area contributed by atoms with Crippen molar-refractivity contribution in [2.45, 2.75) is 60.0 Å². The van der Waals surface area contributed by atoms with Gasteiger partial charge in [0.1, 0.15) is 11.4 Å². The standard InChI is InChI=1S/C22H32FN3O4/c1-21(2,3)19(28)26-11-7-8-14(13-26)18(27)24-17-12-15(23)9-10-16(17)25-20(29)30-22(4,5)6/h9-10,12,14H,7-8,11,13H2,1-6H3,(H,24,27)(H,25,29). The minimum absolute atomic E-state index is 0.00182. The van der Waals surface area contributed by atoms with Gasteiger partial charge in [-0.3, -0.25) is 14.9 Å². The van der Waals surface area contributed by atoms with E-state index in [9.17, 15) is 18.8 Å². The second kappa shape index (κ2) is 9.02. The molecule has 2 rings (SSSR count). The first-order valence-electron chi connectivity index (χ1n) is 10.2. The Balaban J connectivity index is 2.11. The zero-order chi connectivity index (χ0) is 22.7. The van der Waals surface area contributed by atoms with Crippen LogP contribution in [0.25, 0.3) is 0 Å². The zero-order valence-corrected chi connectivity index (χ0v) is 18.6. The number of carbonyl (C=O) groups excluding carboxylic acids is 3. The number of benzene rings is 1. The molecule has 1 aromatic carbocycles. The topological polar surface area (TPSA) is 87.7 Å². The molecule has 30 heavy (non-hydrogen) atoms. The van der Waals surface area contributed by atoms with E-state index in [1.165, 1.54) is 12.1 Å². The summed E-state index contributed by atoms with van der Waals surface area (Å²) in [5, 5.41) is 5.24. The Bertz CT molecular complexity index is 812. The van der Waals surface area contributed by atoms with Crippen LogP contribution in [0.5, 0.6) is 0 Å². The highest BCUT2D eigenvalue weighted by Gasteiger charge is 2.33. The van der Waals surface area contributed by atoms with Gasteiger partial charge >= 0.3 is 6.09 Å². The van der Waals surface area contributed by atoms with Crippen molar-refractivity contribution in [2.75, 3.05) is 23.7 Å². The van der Waals surface area contributed by atoms with Gasteiger partial charge in [-0.1, -0.05) is 20.8 Å². The van der Waals surface area contributed by atoms with Crippen molar-refractivity contribution in [1.29, 1.82) is 0 Å². The SMILES string of the molecule is CC(C)(C)OC(=O)Nc1ccc(F)cc1NC(=O)C1CCCN(C(=O)C(C)(C)C)C1. The first-order valence-corrected chi connectivity index (χ1v) is 10.2. The van der Waals surface area contributed by atoms with Gasteiger partial charge in [-0.2, -0.15) is 0 Å². The summed E-state index contributed by atoms with van der Waals surface area (Å²) in [5.41, 5.74) is -0.841. The van der Waals surface area contributed by atoms with Crippen molar-refractivity contribution < 1.29 is 23.5 Å². The second-order valence-corrected chi connectivity index (χ2v) is 9.65. The Morgan fingerprint density at radius 2 is 1.73 bits per heavy atom. The zero-order valence-electron chi connectivity index (χ0n) is 18.6. The largest absolute Gasteiger partial charge is 0.444 e. The molecular formula is C22H32FN3O4. The molecule has 0 radical (unpaired) electrons. The summed E-state index contributed by atoms with van der Waals surface area (Å²) in [6.45, 7) is 11.7. The van der Waals surface area contributed by atoms with E-state index in [1.54, 1.807) is 25.7 Å². The highest BCUT2D eigenvalue weighted by atomic mass is 19.1. The van der Waals surface area contributed by atoms with E-state index >= 15 is 0 Å². The summed E-state index contributed by atoms with van der Waals surface area (Å²) in [6.07, 6.45) is 0.639. The number of ether oxygens (including phenoxy) is 1. The third-order valence-corrected chi connectivity index (χ3v) is 4.60. The Morgan fingerprint density at radius 3 is 2.33 bits per heavy atom. The third kappa shape index (κ3) is 6.71. The van der Waals surface area contributed by atoms with Crippen LogP contribution in [-0.2, 0) is 14.3 Å². The predicted molar refractivity (Wildman–Crippen MR) is 114 cm³/mol. The van der Waals surface area contributed by atoms with Gasteiger partial charge in [0.25, 0.3) is 0 Å². The minimum Gasteiger partial charge on any atom is -0.444 e. The summed E-state index contributed by atoms with van der Waals surface area (Å²) >= 11 is 0. The van der Waals surface area contributed by atoms with E-state index in [-0.39, 0.29) is 23.2 Å². The van der Waals surface area contributed by atoms with Crippen molar-refractivity contribution in [3.05, 3.63) is 24.0 Å². The molecule has 1 atom stereocenters. The van der Waals surface area contributed by atoms with Crippen LogP contribution >= 0.6 is 0 Å². The fourth-order valence-corrected chi connectivity index (χ4v) is 3.23. The molecule has 166 valence electrons. The lowest BCUT2D eigenvalue weighted by molar-refractivity contribution is -0.142. The van der Waals surface area contributed by atoms with Gasteiger partial charge < -0.3 is 15.0 Å². The van der Waals surface area contributed by atoms with Crippen molar-refractivity contribution in [3.8, 4) is 0 Å². The molecule has 7 nitrogen and oxygen atoms in total. The fraction of sp³-hybridized carbons (Fsp3) is 0.591. The number of nitrogens with one attached hydrogen (secondary N) is 2. The van der Waals surface area contributed by atoms with Gasteiger partial charge in [-0.05, 0) is 51.8 Å². The Hall–Kier alpha value is -2.64. The van der Waals surface area contributed by atoms with Crippen molar-refractivity contribution in [2.24, 2.45) is 11.3 Å². The molecule has 0 aromatic heterocycles. The van der Waals surface area contributed by atoms with Crippen LogP contribution in [-0.4, -0.2) is 41.5 Å². The van der Waals surface area contributed by atoms with Crippen LogP contribution in [0.4, 0.5) is 20.6 Å². The predicted octanol–water partition coefficient (Wildman–Crippen LogP) is 4.40. The number of piperidine rings is 1. The molecule has 0 saturated carbocycles. The molecule has 2 N–H and O–H groups in total. The lowest BCUT2D eigenvalue weighted by Gasteiger charge is -2.36. The minimum atomic E-state index is -0.704. The normalized spacial score (nSPS) is 17.3. The number of hydrogen-bond donors (Lipinski definition) is 2. The molecule has 0 spiro atoms. The number of nitrogens with zero attached hydrogens (tertiary/aromatic N) is 1. The Kier molecular flexibility index (Phi) is 7.10. The van der Waals surface area contributed by atoms with Gasteiger partial charge in [-0.25, -0.2) is 9.18 Å². The maximum absolute atomic E-state index is 13.8. The maximum Gasteiger partial charge on any atom is 0.412 e. The number of likely N-dealkylation sites (tertiary alicyclic amines) is 1. The highest BCUT2D eigenvalue weighted by molar-refractivity contribution is 5.99. The lowest BCUT2D eigenvalue weighted by atomic mass is 9.91. The summed E-state index contributed by atoms with van der Waals surface area (Å²) < 4.78 is 19.0. The number of anilines is 2. The fourth-order valence-electron chi connectivity index (χ4n) is 3.23. The molecule has 1 aromatic rings. The summed E-state index contributed by atoms with van der Waals surface area (Å²) in [5.74, 6) is -1.28. The van der Waals surface area contributed by atoms with Gasteiger partial charge in [0.15, 0.2) is 0 Å². The van der Waals surface area contributed by atoms with Gasteiger partial charge in [0.2, 0.25) is 11.8 Å². The summed E-state index contributed by atoms with van der Waals surface area (Å²) in [7, 11) is 0. The third-order valence-electron chi connectivity index (χ3n) is 4.60. The van der Waals surface area contributed by atoms with Crippen LogP contribution < -0.4 is 10.6 Å². The smallest absolute Gasteiger partial charge is 0.412 e. The molecule has 1 saturated heterocycles. The molecule has 1 fully saturated rings. The molecule has 1 heterocycles. The van der Waals surface area contributed by atoms with E-state index in [2.05, 4.69) is 10.6 Å². The molecule has 1 unspecified atom stereocenters. The average molecular weight is 422 g/mol. The number of hydrogen-bond acceptors (Lipinski definition) is 4. The van der Waals surface area contributed by atoms with Crippen LogP contribution in [0, 0.1) is 17.2 Å². The van der Waals surface area contributed by atoms with Crippen LogP contribution in [0.1, 0.15) is 54.4 Å². The summed E-state index contributed by atoms with van der Waals surface area (Å²) in [4.78, 5) is 39.2. The van der Waals surface area contributed by atoms with Gasteiger partial charge in [0.05, 0.1) is 17.3 Å². The maximum atomic E-state index is 13.8. The first-order chi connectivity index (χ1) is 13.8. The van der Waals surface area contributed by atoms with E-state index in [4.69, 9.17) is 4.74 Å². The molecule has 3 amide bonds. The van der Waals surface area contributed by atoms with Crippen molar-refractivity contribution in [3.63, 3.8) is 0 Å². The van der Waals surface area contributed by atoms with E-state index in [0.717, 1.165) is 6.07 Å². The van der Waals surface area contributed by atoms with Crippen molar-refractivity contribution >= 4 is 29.3 Å². The lowest BCUT2D eigenvalue weighted by Crippen LogP contribution is -2.47. The molecule has 1 aliphatic heterocycles. The number of halogens is 1. The van der Waals surface area contributed by atoms with E-state index in [1.807, 2.05) is 20.8 Å². The molecule has 1 aliphatic rings. The van der Waals surface area contributed by atoms with Crippen LogP contribution in [0.15, 0.2) is 18.2 Å². The number of amides is 3. The summed E-state index contributed by atoms with van der Waals surface area (Å²) in [6, 6.07) is 3.70. The quantitative estimate of drug-likeness (QED) is 0.757. The van der Waals surface area contributed by atoms with E-state index < -0.39 is 28.8 Å². The van der Waals surface area contributed by atoms with E-state index in [0.29, 0.717) is 25.9 Å². The monoisotopic (exact) mass is 421 g/mol. The second-order valence-electron chi connectivity index (χ2n) is 9.65. The van der Waals surface area contributed by atoms with Crippen LogP contribution in [0.3, 0.4) is 0 Å². The molecule has 0 aliphatic carbocycles.